The molecule has 18 heavy (non-hydrogen) atoms. The highest BCUT2D eigenvalue weighted by Crippen LogP contribution is 2.31. The molecule has 1 aliphatic rings. The second-order valence-corrected chi connectivity index (χ2v) is 5.77. The number of imidazole rings is 1. The fourth-order valence-electron chi connectivity index (χ4n) is 2.55. The molecule has 5 nitrogen and oxygen atoms in total. The molecule has 0 bridgehead atoms. The molecule has 0 aliphatic carbocycles. The Balaban J connectivity index is 1.76. The molecule has 1 unspecified atom stereocenters. The van der Waals surface area contributed by atoms with E-state index >= 15 is 0 Å². The number of hydrogen-bond donors (Lipinski definition) is 2. The summed E-state index contributed by atoms with van der Waals surface area (Å²) in [7, 11) is 0. The van der Waals surface area contributed by atoms with Crippen molar-refractivity contribution in [2.45, 2.75) is 31.8 Å². The van der Waals surface area contributed by atoms with E-state index in [0.29, 0.717) is 11.2 Å². The van der Waals surface area contributed by atoms with Crippen molar-refractivity contribution in [3.63, 3.8) is 0 Å². The van der Waals surface area contributed by atoms with Gasteiger partial charge in [-0.15, -0.1) is 11.3 Å². The highest BCUT2D eigenvalue weighted by Gasteiger charge is 2.26. The van der Waals surface area contributed by atoms with Gasteiger partial charge in [-0.25, -0.2) is 9.97 Å². The molecule has 3 heterocycles. The summed E-state index contributed by atoms with van der Waals surface area (Å²) in [5.74, 6) is 1.08. The van der Waals surface area contributed by atoms with E-state index in [0.717, 1.165) is 18.9 Å². The number of rotatable bonds is 3. The van der Waals surface area contributed by atoms with Crippen molar-refractivity contribution in [2.24, 2.45) is 0 Å². The van der Waals surface area contributed by atoms with Gasteiger partial charge in [0.05, 0.1) is 6.04 Å². The molecule has 96 valence electrons. The summed E-state index contributed by atoms with van der Waals surface area (Å²) < 4.78 is 0. The summed E-state index contributed by atoms with van der Waals surface area (Å²) in [6.07, 6.45) is 9.30. The van der Waals surface area contributed by atoms with Crippen molar-refractivity contribution in [3.05, 3.63) is 29.3 Å². The molecule has 1 fully saturated rings. The standard InChI is InChI=1S/C12H17N5S/c13-12-16-7-9(18-12)8-17-6-2-1-3-10(17)11-14-4-5-15-11/h4-5,7,10H,1-3,6,8H2,(H2,13,16)(H,14,15). The molecule has 0 aromatic carbocycles. The molecule has 6 heteroatoms. The normalized spacial score (nSPS) is 21.2. The SMILES string of the molecule is Nc1ncc(CN2CCCCC2c2ncc[nH]2)s1. The zero-order chi connectivity index (χ0) is 12.4. The Bertz CT molecular complexity index is 492. The molecule has 0 saturated carbocycles. The maximum absolute atomic E-state index is 5.68. The minimum Gasteiger partial charge on any atom is -0.375 e. The van der Waals surface area contributed by atoms with E-state index in [1.807, 2.05) is 18.6 Å². The van der Waals surface area contributed by atoms with Crippen LogP contribution in [-0.2, 0) is 6.54 Å². The van der Waals surface area contributed by atoms with E-state index in [1.165, 1.54) is 24.1 Å². The number of aromatic nitrogens is 3. The van der Waals surface area contributed by atoms with Gasteiger partial charge in [-0.2, -0.15) is 0 Å². The Kier molecular flexibility index (Phi) is 3.29. The third-order valence-corrected chi connectivity index (χ3v) is 4.19. The first-order valence-electron chi connectivity index (χ1n) is 6.26. The van der Waals surface area contributed by atoms with Gasteiger partial charge < -0.3 is 10.7 Å². The Morgan fingerprint density at radius 3 is 3.11 bits per heavy atom. The minimum atomic E-state index is 0.400. The topological polar surface area (TPSA) is 70.8 Å². The minimum absolute atomic E-state index is 0.400. The molecule has 0 radical (unpaired) electrons. The highest BCUT2D eigenvalue weighted by atomic mass is 32.1. The molecule has 1 atom stereocenters. The van der Waals surface area contributed by atoms with E-state index < -0.39 is 0 Å². The number of likely N-dealkylation sites (tertiary alicyclic amines) is 1. The number of aromatic amines is 1. The lowest BCUT2D eigenvalue weighted by Crippen LogP contribution is -2.33. The molecule has 3 rings (SSSR count). The van der Waals surface area contributed by atoms with Crippen LogP contribution in [0.15, 0.2) is 18.6 Å². The number of nitrogens with zero attached hydrogens (tertiary/aromatic N) is 3. The van der Waals surface area contributed by atoms with Gasteiger partial charge in [0.25, 0.3) is 0 Å². The summed E-state index contributed by atoms with van der Waals surface area (Å²) in [6.45, 7) is 2.03. The van der Waals surface area contributed by atoms with Crippen LogP contribution in [0.2, 0.25) is 0 Å². The average molecular weight is 263 g/mol. The third kappa shape index (κ3) is 2.39. The van der Waals surface area contributed by atoms with Crippen LogP contribution in [0.25, 0.3) is 0 Å². The quantitative estimate of drug-likeness (QED) is 0.890. The van der Waals surface area contributed by atoms with Crippen molar-refractivity contribution in [1.82, 2.24) is 19.9 Å². The number of nitrogen functional groups attached to an aromatic ring is 1. The van der Waals surface area contributed by atoms with Gasteiger partial charge >= 0.3 is 0 Å². The van der Waals surface area contributed by atoms with E-state index in [2.05, 4.69) is 19.9 Å². The van der Waals surface area contributed by atoms with Crippen LogP contribution in [0.4, 0.5) is 5.13 Å². The summed E-state index contributed by atoms with van der Waals surface area (Å²) >= 11 is 1.58. The molecular formula is C12H17N5S. The fourth-order valence-corrected chi connectivity index (χ4v) is 3.26. The lowest BCUT2D eigenvalue weighted by molar-refractivity contribution is 0.135. The summed E-state index contributed by atoms with van der Waals surface area (Å²) in [6, 6.07) is 0.400. The van der Waals surface area contributed by atoms with Crippen LogP contribution in [0.1, 0.15) is 36.0 Å². The number of nitrogens with two attached hydrogens (primary N) is 1. The van der Waals surface area contributed by atoms with Gasteiger partial charge in [-0.05, 0) is 19.4 Å². The number of hydrogen-bond acceptors (Lipinski definition) is 5. The van der Waals surface area contributed by atoms with Crippen LogP contribution < -0.4 is 5.73 Å². The summed E-state index contributed by atoms with van der Waals surface area (Å²) in [5.41, 5.74) is 5.68. The fraction of sp³-hybridized carbons (Fsp3) is 0.500. The van der Waals surface area contributed by atoms with Crippen molar-refractivity contribution < 1.29 is 0 Å². The van der Waals surface area contributed by atoms with Crippen molar-refractivity contribution in [2.75, 3.05) is 12.3 Å². The lowest BCUT2D eigenvalue weighted by Gasteiger charge is -2.34. The molecule has 1 saturated heterocycles. The molecule has 3 N–H and O–H groups in total. The van der Waals surface area contributed by atoms with Gasteiger partial charge in [0.15, 0.2) is 5.13 Å². The van der Waals surface area contributed by atoms with Crippen molar-refractivity contribution in [3.8, 4) is 0 Å². The van der Waals surface area contributed by atoms with Gasteiger partial charge in [0, 0.05) is 30.0 Å². The summed E-state index contributed by atoms with van der Waals surface area (Å²) in [4.78, 5) is 15.5. The first-order valence-corrected chi connectivity index (χ1v) is 7.08. The van der Waals surface area contributed by atoms with Gasteiger partial charge in [0.1, 0.15) is 5.82 Å². The molecule has 1 aliphatic heterocycles. The van der Waals surface area contributed by atoms with E-state index in [9.17, 15) is 0 Å². The molecule has 0 amide bonds. The Hall–Kier alpha value is -1.40. The molecule has 0 spiro atoms. The predicted molar refractivity (Wildman–Crippen MR) is 72.1 cm³/mol. The number of anilines is 1. The lowest BCUT2D eigenvalue weighted by atomic mass is 10.0. The smallest absolute Gasteiger partial charge is 0.180 e. The maximum Gasteiger partial charge on any atom is 0.180 e. The van der Waals surface area contributed by atoms with Crippen LogP contribution in [0, 0.1) is 0 Å². The van der Waals surface area contributed by atoms with E-state index in [4.69, 9.17) is 5.73 Å². The van der Waals surface area contributed by atoms with Crippen LogP contribution in [0.3, 0.4) is 0 Å². The highest BCUT2D eigenvalue weighted by molar-refractivity contribution is 7.15. The van der Waals surface area contributed by atoms with Crippen LogP contribution >= 0.6 is 11.3 Å². The first kappa shape index (κ1) is 11.7. The number of thiazole rings is 1. The summed E-state index contributed by atoms with van der Waals surface area (Å²) in [5, 5.41) is 0.650. The third-order valence-electron chi connectivity index (χ3n) is 3.38. The largest absolute Gasteiger partial charge is 0.375 e. The monoisotopic (exact) mass is 263 g/mol. The van der Waals surface area contributed by atoms with Crippen molar-refractivity contribution >= 4 is 16.5 Å². The van der Waals surface area contributed by atoms with Crippen LogP contribution in [-0.4, -0.2) is 26.4 Å². The van der Waals surface area contributed by atoms with Crippen molar-refractivity contribution in [1.29, 1.82) is 0 Å². The Morgan fingerprint density at radius 2 is 2.39 bits per heavy atom. The molecule has 2 aromatic heterocycles. The Morgan fingerprint density at radius 1 is 1.44 bits per heavy atom. The van der Waals surface area contributed by atoms with E-state index in [1.54, 1.807) is 11.3 Å². The first-order chi connectivity index (χ1) is 8.83. The number of nitrogens with one attached hydrogen (secondary N) is 1. The average Bonchev–Trinajstić information content (AvgIpc) is 3.02. The second-order valence-electron chi connectivity index (χ2n) is 4.62. The zero-order valence-corrected chi connectivity index (χ0v) is 11.0. The van der Waals surface area contributed by atoms with E-state index in [-0.39, 0.29) is 0 Å². The predicted octanol–water partition coefficient (Wildman–Crippen LogP) is 2.18. The number of H-pyrrole nitrogens is 1. The second kappa shape index (κ2) is 5.07. The van der Waals surface area contributed by atoms with Crippen LogP contribution in [0.5, 0.6) is 0 Å². The maximum atomic E-state index is 5.68. The van der Waals surface area contributed by atoms with Gasteiger partial charge in [-0.1, -0.05) is 6.42 Å². The van der Waals surface area contributed by atoms with Gasteiger partial charge in [-0.3, -0.25) is 4.90 Å². The Labute approximate surface area is 110 Å². The number of piperidine rings is 1. The molecule has 2 aromatic rings. The molecular weight excluding hydrogens is 246 g/mol. The van der Waals surface area contributed by atoms with Gasteiger partial charge in [0.2, 0.25) is 0 Å². The zero-order valence-electron chi connectivity index (χ0n) is 10.2.